The van der Waals surface area contributed by atoms with Crippen LogP contribution in [0.25, 0.3) is 0 Å². The van der Waals surface area contributed by atoms with E-state index in [0.29, 0.717) is 12.0 Å². The molecule has 0 aliphatic heterocycles. The maximum Gasteiger partial charge on any atom is 0.0499 e. The average molecular weight is 239 g/mol. The van der Waals surface area contributed by atoms with E-state index in [1.165, 1.54) is 44.9 Å². The largest absolute Gasteiger partial charge is 0.396 e. The van der Waals surface area contributed by atoms with Crippen LogP contribution in [-0.2, 0) is 0 Å². The first-order chi connectivity index (χ1) is 8.13. The molecule has 0 saturated heterocycles. The molecular formula is C15H29NO. The number of nitrogens with one attached hydrogen (secondary N) is 1. The fourth-order valence-electron chi connectivity index (χ4n) is 3.39. The molecule has 2 aliphatic carbocycles. The average Bonchev–Trinajstić information content (AvgIpc) is 3.11. The Balaban J connectivity index is 1.76. The van der Waals surface area contributed by atoms with Crippen LogP contribution in [0.4, 0.5) is 0 Å². The van der Waals surface area contributed by atoms with Crippen molar-refractivity contribution in [3.8, 4) is 0 Å². The van der Waals surface area contributed by atoms with Crippen LogP contribution >= 0.6 is 0 Å². The number of hydrogen-bond acceptors (Lipinski definition) is 2. The normalized spacial score (nSPS) is 26.1. The Hall–Kier alpha value is -0.0800. The van der Waals surface area contributed by atoms with E-state index in [4.69, 9.17) is 0 Å². The third-order valence-corrected chi connectivity index (χ3v) is 5.34. The summed E-state index contributed by atoms with van der Waals surface area (Å²) in [4.78, 5) is 0. The van der Waals surface area contributed by atoms with E-state index < -0.39 is 0 Å². The van der Waals surface area contributed by atoms with E-state index >= 15 is 0 Å². The molecule has 0 heterocycles. The van der Waals surface area contributed by atoms with Crippen molar-refractivity contribution >= 4 is 0 Å². The topological polar surface area (TPSA) is 32.3 Å². The van der Waals surface area contributed by atoms with Crippen molar-refractivity contribution in [3.63, 3.8) is 0 Å². The van der Waals surface area contributed by atoms with Crippen LogP contribution in [0.3, 0.4) is 0 Å². The molecular weight excluding hydrogens is 210 g/mol. The molecule has 2 aliphatic rings. The van der Waals surface area contributed by atoms with Gasteiger partial charge in [0.25, 0.3) is 0 Å². The molecule has 0 aromatic heterocycles. The molecule has 2 saturated carbocycles. The second kappa shape index (κ2) is 5.27. The lowest BCUT2D eigenvalue weighted by atomic mass is 9.74. The minimum atomic E-state index is 0.200. The summed E-state index contributed by atoms with van der Waals surface area (Å²) in [6, 6.07) is 0. The van der Waals surface area contributed by atoms with Crippen molar-refractivity contribution in [3.05, 3.63) is 0 Å². The Labute approximate surface area is 106 Å². The van der Waals surface area contributed by atoms with E-state index in [9.17, 15) is 5.11 Å². The molecule has 0 unspecified atom stereocenters. The van der Waals surface area contributed by atoms with Crippen LogP contribution in [0, 0.1) is 16.7 Å². The van der Waals surface area contributed by atoms with Crippen LogP contribution in [0.15, 0.2) is 0 Å². The fourth-order valence-corrected chi connectivity index (χ4v) is 3.39. The minimum Gasteiger partial charge on any atom is -0.396 e. The second-order valence-electron chi connectivity index (χ2n) is 6.84. The quantitative estimate of drug-likeness (QED) is 0.747. The third kappa shape index (κ3) is 3.03. The summed E-state index contributed by atoms with van der Waals surface area (Å²) in [6.07, 6.45) is 9.18. The zero-order valence-corrected chi connectivity index (χ0v) is 11.6. The highest BCUT2D eigenvalue weighted by Crippen LogP contribution is 2.51. The Kier molecular flexibility index (Phi) is 4.14. The SMILES string of the molecule is CC(C)C1(CNCC2(CO)CCCCC2)CC1. The van der Waals surface area contributed by atoms with Gasteiger partial charge in [0.15, 0.2) is 0 Å². The van der Waals surface area contributed by atoms with E-state index in [-0.39, 0.29) is 5.41 Å². The molecule has 0 bridgehead atoms. The Morgan fingerprint density at radius 2 is 1.65 bits per heavy atom. The first-order valence-corrected chi connectivity index (χ1v) is 7.44. The molecule has 0 atom stereocenters. The zero-order valence-electron chi connectivity index (χ0n) is 11.6. The van der Waals surface area contributed by atoms with Gasteiger partial charge in [0.2, 0.25) is 0 Å². The van der Waals surface area contributed by atoms with Gasteiger partial charge in [-0.3, -0.25) is 0 Å². The molecule has 0 aromatic carbocycles. The van der Waals surface area contributed by atoms with E-state index in [1.54, 1.807) is 0 Å². The Bertz CT molecular complexity index is 239. The highest BCUT2D eigenvalue weighted by atomic mass is 16.3. The van der Waals surface area contributed by atoms with E-state index in [0.717, 1.165) is 19.0 Å². The lowest BCUT2D eigenvalue weighted by Crippen LogP contribution is -2.41. The number of aliphatic hydroxyl groups is 1. The maximum absolute atomic E-state index is 9.66. The van der Waals surface area contributed by atoms with Gasteiger partial charge in [-0.25, -0.2) is 0 Å². The standard InChI is InChI=1S/C15H29NO/c1-13(2)15(8-9-15)11-16-10-14(12-17)6-4-3-5-7-14/h13,16-17H,3-12H2,1-2H3. The molecule has 0 aromatic rings. The van der Waals surface area contributed by atoms with Gasteiger partial charge in [-0.15, -0.1) is 0 Å². The lowest BCUT2D eigenvalue weighted by molar-refractivity contribution is 0.0790. The summed E-state index contributed by atoms with van der Waals surface area (Å²) < 4.78 is 0. The van der Waals surface area contributed by atoms with Crippen molar-refractivity contribution in [1.82, 2.24) is 5.32 Å². The molecule has 2 nitrogen and oxygen atoms in total. The van der Waals surface area contributed by atoms with Gasteiger partial charge >= 0.3 is 0 Å². The Morgan fingerprint density at radius 1 is 1.00 bits per heavy atom. The van der Waals surface area contributed by atoms with Crippen molar-refractivity contribution in [1.29, 1.82) is 0 Å². The zero-order chi connectivity index (χ0) is 12.4. The highest BCUT2D eigenvalue weighted by molar-refractivity contribution is 4.97. The van der Waals surface area contributed by atoms with Crippen molar-refractivity contribution in [2.45, 2.75) is 58.8 Å². The molecule has 2 fully saturated rings. The second-order valence-corrected chi connectivity index (χ2v) is 6.84. The number of rotatable bonds is 6. The van der Waals surface area contributed by atoms with E-state index in [2.05, 4.69) is 19.2 Å². The molecule has 2 N–H and O–H groups in total. The molecule has 0 amide bonds. The number of aliphatic hydroxyl groups excluding tert-OH is 1. The molecule has 2 heteroatoms. The van der Waals surface area contributed by atoms with Crippen LogP contribution in [0.5, 0.6) is 0 Å². The fraction of sp³-hybridized carbons (Fsp3) is 1.00. The van der Waals surface area contributed by atoms with Gasteiger partial charge < -0.3 is 10.4 Å². The molecule has 0 spiro atoms. The molecule has 17 heavy (non-hydrogen) atoms. The van der Waals surface area contributed by atoms with Gasteiger partial charge in [0.05, 0.1) is 0 Å². The summed E-state index contributed by atoms with van der Waals surface area (Å²) in [7, 11) is 0. The first-order valence-electron chi connectivity index (χ1n) is 7.44. The third-order valence-electron chi connectivity index (χ3n) is 5.34. The molecule has 2 rings (SSSR count). The van der Waals surface area contributed by atoms with Crippen LogP contribution in [0.2, 0.25) is 0 Å². The lowest BCUT2D eigenvalue weighted by Gasteiger charge is -2.36. The van der Waals surface area contributed by atoms with E-state index in [1.807, 2.05) is 0 Å². The maximum atomic E-state index is 9.66. The van der Waals surface area contributed by atoms with Gasteiger partial charge in [-0.05, 0) is 37.0 Å². The van der Waals surface area contributed by atoms with Crippen LogP contribution < -0.4 is 5.32 Å². The summed E-state index contributed by atoms with van der Waals surface area (Å²) in [5.74, 6) is 0.798. The summed E-state index contributed by atoms with van der Waals surface area (Å²) in [5, 5.41) is 13.3. The summed E-state index contributed by atoms with van der Waals surface area (Å²) >= 11 is 0. The van der Waals surface area contributed by atoms with Crippen molar-refractivity contribution in [2.75, 3.05) is 19.7 Å². The van der Waals surface area contributed by atoms with Gasteiger partial charge in [0, 0.05) is 25.1 Å². The molecule has 0 radical (unpaired) electrons. The minimum absolute atomic E-state index is 0.200. The van der Waals surface area contributed by atoms with Crippen LogP contribution in [-0.4, -0.2) is 24.8 Å². The Morgan fingerprint density at radius 3 is 2.12 bits per heavy atom. The van der Waals surface area contributed by atoms with Gasteiger partial charge in [-0.1, -0.05) is 33.1 Å². The van der Waals surface area contributed by atoms with Gasteiger partial charge in [0.1, 0.15) is 0 Å². The number of hydrogen-bond donors (Lipinski definition) is 2. The first kappa shape index (κ1) is 13.4. The monoisotopic (exact) mass is 239 g/mol. The molecule has 100 valence electrons. The predicted octanol–water partition coefficient (Wildman–Crippen LogP) is 2.96. The summed E-state index contributed by atoms with van der Waals surface area (Å²) in [5.41, 5.74) is 0.788. The van der Waals surface area contributed by atoms with Crippen LogP contribution in [0.1, 0.15) is 58.8 Å². The van der Waals surface area contributed by atoms with Gasteiger partial charge in [-0.2, -0.15) is 0 Å². The highest BCUT2D eigenvalue weighted by Gasteiger charge is 2.45. The van der Waals surface area contributed by atoms with Crippen molar-refractivity contribution < 1.29 is 5.11 Å². The summed E-state index contributed by atoms with van der Waals surface area (Å²) in [6.45, 7) is 7.24. The van der Waals surface area contributed by atoms with Crippen molar-refractivity contribution in [2.24, 2.45) is 16.7 Å². The smallest absolute Gasteiger partial charge is 0.0499 e. The predicted molar refractivity (Wildman–Crippen MR) is 72.0 cm³/mol.